The van der Waals surface area contributed by atoms with E-state index in [0.29, 0.717) is 12.2 Å². The first-order chi connectivity index (χ1) is 9.74. The lowest BCUT2D eigenvalue weighted by Crippen LogP contribution is -2.05. The van der Waals surface area contributed by atoms with Crippen molar-refractivity contribution in [1.82, 2.24) is 0 Å². The third-order valence-corrected chi connectivity index (χ3v) is 3.22. The number of halogens is 1. The molecule has 0 aromatic heterocycles. The standard InChI is InChI=1S/C15H11BrN2O2/c16-12-5-7-13(8-6-12)20-10-11-3-1-2-4-14(11)15(9-17)18-19/h1-8,19H,10H2/b18-15-. The fourth-order valence-corrected chi connectivity index (χ4v) is 1.97. The van der Waals surface area contributed by atoms with E-state index in [-0.39, 0.29) is 5.71 Å². The highest BCUT2D eigenvalue weighted by molar-refractivity contribution is 9.10. The van der Waals surface area contributed by atoms with Gasteiger partial charge < -0.3 is 9.94 Å². The van der Waals surface area contributed by atoms with Crippen molar-refractivity contribution >= 4 is 21.6 Å². The lowest BCUT2D eigenvalue weighted by Gasteiger charge is -2.09. The predicted molar refractivity (Wildman–Crippen MR) is 78.9 cm³/mol. The van der Waals surface area contributed by atoms with Crippen LogP contribution in [-0.2, 0) is 6.61 Å². The van der Waals surface area contributed by atoms with Crippen LogP contribution in [0, 0.1) is 11.3 Å². The summed E-state index contributed by atoms with van der Waals surface area (Å²) in [6.07, 6.45) is 0. The molecule has 1 N–H and O–H groups in total. The average Bonchev–Trinajstić information content (AvgIpc) is 2.49. The van der Waals surface area contributed by atoms with Crippen molar-refractivity contribution in [3.05, 3.63) is 64.1 Å². The first-order valence-electron chi connectivity index (χ1n) is 5.83. The molecule has 4 nitrogen and oxygen atoms in total. The van der Waals surface area contributed by atoms with Crippen LogP contribution >= 0.6 is 15.9 Å². The number of oxime groups is 1. The second kappa shape index (κ2) is 6.73. The van der Waals surface area contributed by atoms with Crippen LogP contribution < -0.4 is 4.74 Å². The molecule has 2 aromatic carbocycles. The van der Waals surface area contributed by atoms with Crippen LogP contribution in [0.15, 0.2) is 58.2 Å². The van der Waals surface area contributed by atoms with E-state index < -0.39 is 0 Å². The highest BCUT2D eigenvalue weighted by Crippen LogP contribution is 2.18. The Balaban J connectivity index is 2.18. The Morgan fingerprint density at radius 1 is 1.20 bits per heavy atom. The summed E-state index contributed by atoms with van der Waals surface area (Å²) in [5.74, 6) is 0.724. The maximum atomic E-state index is 8.93. The average molecular weight is 331 g/mol. The fourth-order valence-electron chi connectivity index (χ4n) is 1.71. The maximum Gasteiger partial charge on any atom is 0.187 e. The Morgan fingerprint density at radius 2 is 1.90 bits per heavy atom. The predicted octanol–water partition coefficient (Wildman–Crippen LogP) is 3.73. The van der Waals surface area contributed by atoms with Crippen molar-refractivity contribution in [3.8, 4) is 11.8 Å². The second-order valence-electron chi connectivity index (χ2n) is 3.96. The summed E-state index contributed by atoms with van der Waals surface area (Å²) >= 11 is 3.36. The highest BCUT2D eigenvalue weighted by atomic mass is 79.9. The summed E-state index contributed by atoms with van der Waals surface area (Å²) in [7, 11) is 0. The van der Waals surface area contributed by atoms with Gasteiger partial charge in [0.1, 0.15) is 18.4 Å². The molecule has 20 heavy (non-hydrogen) atoms. The van der Waals surface area contributed by atoms with Gasteiger partial charge in [-0.05, 0) is 29.8 Å². The van der Waals surface area contributed by atoms with Crippen LogP contribution in [0.4, 0.5) is 0 Å². The lowest BCUT2D eigenvalue weighted by molar-refractivity contribution is 0.305. The molecule has 0 bridgehead atoms. The van der Waals surface area contributed by atoms with Gasteiger partial charge in [-0.3, -0.25) is 0 Å². The highest BCUT2D eigenvalue weighted by Gasteiger charge is 2.09. The van der Waals surface area contributed by atoms with Gasteiger partial charge in [0.15, 0.2) is 5.71 Å². The van der Waals surface area contributed by atoms with Crippen LogP contribution in [0.2, 0.25) is 0 Å². The van der Waals surface area contributed by atoms with Crippen molar-refractivity contribution in [2.24, 2.45) is 5.16 Å². The molecule has 0 saturated carbocycles. The summed E-state index contributed by atoms with van der Waals surface area (Å²) in [6.45, 7) is 0.290. The van der Waals surface area contributed by atoms with E-state index in [1.54, 1.807) is 12.1 Å². The Morgan fingerprint density at radius 3 is 2.55 bits per heavy atom. The minimum atomic E-state index is -0.0278. The number of rotatable bonds is 4. The van der Waals surface area contributed by atoms with Crippen LogP contribution in [-0.4, -0.2) is 10.9 Å². The Kier molecular flexibility index (Phi) is 4.75. The summed E-state index contributed by atoms with van der Waals surface area (Å²) in [6, 6.07) is 16.5. The van der Waals surface area contributed by atoms with Gasteiger partial charge in [0.25, 0.3) is 0 Å². The summed E-state index contributed by atoms with van der Waals surface area (Å²) < 4.78 is 6.64. The van der Waals surface area contributed by atoms with Crippen molar-refractivity contribution in [3.63, 3.8) is 0 Å². The van der Waals surface area contributed by atoms with Crippen molar-refractivity contribution in [1.29, 1.82) is 5.26 Å². The molecule has 0 saturated heterocycles. The van der Waals surface area contributed by atoms with Crippen molar-refractivity contribution in [2.75, 3.05) is 0 Å². The van der Waals surface area contributed by atoms with E-state index in [4.69, 9.17) is 15.2 Å². The fraction of sp³-hybridized carbons (Fsp3) is 0.0667. The van der Waals surface area contributed by atoms with Crippen LogP contribution in [0.3, 0.4) is 0 Å². The third kappa shape index (κ3) is 3.37. The number of hydrogen-bond donors (Lipinski definition) is 1. The SMILES string of the molecule is N#C/C(=N/O)c1ccccc1COc1ccc(Br)cc1. The molecule has 0 aliphatic carbocycles. The molecule has 0 heterocycles. The minimum Gasteiger partial charge on any atom is -0.489 e. The normalized spacial score (nSPS) is 10.9. The van der Waals surface area contributed by atoms with Gasteiger partial charge in [-0.15, -0.1) is 0 Å². The minimum absolute atomic E-state index is 0.0278. The lowest BCUT2D eigenvalue weighted by atomic mass is 10.0. The first-order valence-corrected chi connectivity index (χ1v) is 6.62. The molecule has 0 aliphatic rings. The van der Waals surface area contributed by atoms with Crippen molar-refractivity contribution < 1.29 is 9.94 Å². The van der Waals surface area contributed by atoms with E-state index in [0.717, 1.165) is 15.8 Å². The van der Waals surface area contributed by atoms with Crippen molar-refractivity contribution in [2.45, 2.75) is 6.61 Å². The van der Waals surface area contributed by atoms with E-state index in [1.807, 2.05) is 42.5 Å². The van der Waals surface area contributed by atoms with Crippen LogP contribution in [0.5, 0.6) is 5.75 Å². The maximum absolute atomic E-state index is 8.93. The molecule has 5 heteroatoms. The van der Waals surface area contributed by atoms with E-state index in [1.165, 1.54) is 0 Å². The molecule has 0 fully saturated rings. The zero-order valence-corrected chi connectivity index (χ0v) is 12.0. The number of hydrogen-bond acceptors (Lipinski definition) is 4. The molecule has 0 atom stereocenters. The molecule has 0 amide bonds. The topological polar surface area (TPSA) is 65.6 Å². The van der Waals surface area contributed by atoms with Gasteiger partial charge in [-0.25, -0.2) is 0 Å². The van der Waals surface area contributed by atoms with Gasteiger partial charge in [0, 0.05) is 10.0 Å². The van der Waals surface area contributed by atoms with Gasteiger partial charge in [-0.2, -0.15) is 5.26 Å². The monoisotopic (exact) mass is 330 g/mol. The zero-order valence-electron chi connectivity index (χ0n) is 10.5. The molecule has 0 radical (unpaired) electrons. The molecule has 2 aromatic rings. The Hall–Kier alpha value is -2.32. The number of ether oxygens (including phenoxy) is 1. The van der Waals surface area contributed by atoms with E-state index in [9.17, 15) is 0 Å². The third-order valence-electron chi connectivity index (χ3n) is 2.69. The molecular formula is C15H11BrN2O2. The molecule has 0 spiro atoms. The summed E-state index contributed by atoms with van der Waals surface area (Å²) in [4.78, 5) is 0. The van der Waals surface area contributed by atoms with E-state index >= 15 is 0 Å². The van der Waals surface area contributed by atoms with Crippen LogP contribution in [0.1, 0.15) is 11.1 Å². The number of nitrogens with zero attached hydrogens (tertiary/aromatic N) is 2. The van der Waals surface area contributed by atoms with Gasteiger partial charge in [0.05, 0.1) is 0 Å². The Labute approximate surface area is 125 Å². The number of benzene rings is 2. The molecule has 100 valence electrons. The van der Waals surface area contributed by atoms with Crippen LogP contribution in [0.25, 0.3) is 0 Å². The molecule has 0 aliphatic heterocycles. The Bertz CT molecular complexity index is 660. The quantitative estimate of drug-likeness (QED) is 0.527. The summed E-state index contributed by atoms with van der Waals surface area (Å²) in [5, 5.41) is 20.8. The second-order valence-corrected chi connectivity index (χ2v) is 4.88. The van der Waals surface area contributed by atoms with E-state index in [2.05, 4.69) is 21.1 Å². The smallest absolute Gasteiger partial charge is 0.187 e. The largest absolute Gasteiger partial charge is 0.489 e. The molecular weight excluding hydrogens is 320 g/mol. The van der Waals surface area contributed by atoms with Gasteiger partial charge in [0.2, 0.25) is 0 Å². The van der Waals surface area contributed by atoms with Gasteiger partial charge in [-0.1, -0.05) is 45.4 Å². The number of nitriles is 1. The zero-order chi connectivity index (χ0) is 14.4. The first kappa shape index (κ1) is 14.1. The molecule has 0 unspecified atom stereocenters. The summed E-state index contributed by atoms with van der Waals surface area (Å²) in [5.41, 5.74) is 1.32. The van der Waals surface area contributed by atoms with Gasteiger partial charge >= 0.3 is 0 Å². The molecule has 2 rings (SSSR count).